The van der Waals surface area contributed by atoms with Crippen molar-refractivity contribution >= 4 is 11.8 Å². The highest BCUT2D eigenvalue weighted by Gasteiger charge is 2.01. The number of carbonyl (C=O) groups is 2. The Kier molecular flexibility index (Phi) is 6.84. The van der Waals surface area contributed by atoms with Gasteiger partial charge in [-0.15, -0.1) is 0 Å². The van der Waals surface area contributed by atoms with Crippen molar-refractivity contribution in [2.45, 2.75) is 27.7 Å². The third kappa shape index (κ3) is 5.96. The van der Waals surface area contributed by atoms with Crippen molar-refractivity contribution in [1.82, 2.24) is 0 Å². The maximum absolute atomic E-state index is 11.2. The van der Waals surface area contributed by atoms with Gasteiger partial charge < -0.3 is 4.74 Å². The van der Waals surface area contributed by atoms with E-state index in [4.69, 9.17) is 4.74 Å². The second kappa shape index (κ2) is 7.63. The Hall–Kier alpha value is -1.64. The molecule has 0 saturated heterocycles. The van der Waals surface area contributed by atoms with Crippen LogP contribution in [0, 0.1) is 0 Å². The van der Waals surface area contributed by atoms with Gasteiger partial charge in [0.05, 0.1) is 6.61 Å². The number of Topliss-reactive ketones (excluding diaryl/α,β-unsaturated/α-hetero) is 1. The van der Waals surface area contributed by atoms with Gasteiger partial charge in [-0.2, -0.15) is 0 Å². The predicted octanol–water partition coefficient (Wildman–Crippen LogP) is 2.59. The summed E-state index contributed by atoms with van der Waals surface area (Å²) in [5, 5.41) is 0. The van der Waals surface area contributed by atoms with E-state index in [0.29, 0.717) is 17.8 Å². The van der Waals surface area contributed by atoms with Gasteiger partial charge in [-0.05, 0) is 33.3 Å². The molecule has 0 aliphatic carbocycles. The van der Waals surface area contributed by atoms with Crippen LogP contribution < -0.4 is 0 Å². The van der Waals surface area contributed by atoms with E-state index in [1.54, 1.807) is 45.1 Å². The fourth-order valence-electron chi connectivity index (χ4n) is 0.830. The Balaban J connectivity index is 4.37. The molecular weight excluding hydrogens is 204 g/mol. The summed E-state index contributed by atoms with van der Waals surface area (Å²) >= 11 is 0. The van der Waals surface area contributed by atoms with Crippen LogP contribution in [-0.4, -0.2) is 18.4 Å². The number of hydrogen-bond donors (Lipinski definition) is 0. The van der Waals surface area contributed by atoms with Gasteiger partial charge in [0.15, 0.2) is 5.78 Å². The summed E-state index contributed by atoms with van der Waals surface area (Å²) in [4.78, 5) is 22.1. The van der Waals surface area contributed by atoms with E-state index in [1.165, 1.54) is 6.92 Å². The minimum atomic E-state index is -0.320. The zero-order valence-electron chi connectivity index (χ0n) is 10.2. The highest BCUT2D eigenvalue weighted by molar-refractivity contribution is 5.92. The summed E-state index contributed by atoms with van der Waals surface area (Å²) in [6.45, 7) is 7.08. The molecular formula is C13H18O3. The van der Waals surface area contributed by atoms with Gasteiger partial charge in [0, 0.05) is 5.57 Å². The van der Waals surface area contributed by atoms with E-state index in [9.17, 15) is 9.59 Å². The zero-order chi connectivity index (χ0) is 12.6. The molecule has 0 saturated carbocycles. The predicted molar refractivity (Wildman–Crippen MR) is 64.0 cm³/mol. The maximum atomic E-state index is 11.2. The summed E-state index contributed by atoms with van der Waals surface area (Å²) in [6.07, 6.45) is 6.79. The lowest BCUT2D eigenvalue weighted by molar-refractivity contribution is -0.138. The fourth-order valence-corrected chi connectivity index (χ4v) is 0.830. The molecule has 0 radical (unpaired) electrons. The Bertz CT molecular complexity index is 346. The highest BCUT2D eigenvalue weighted by atomic mass is 16.5. The molecule has 0 aliphatic heterocycles. The molecule has 0 N–H and O–H groups in total. The van der Waals surface area contributed by atoms with Crippen LogP contribution in [-0.2, 0) is 14.3 Å². The average Bonchev–Trinajstić information content (AvgIpc) is 2.23. The Morgan fingerprint density at radius 3 is 1.94 bits per heavy atom. The molecule has 0 spiro atoms. The smallest absolute Gasteiger partial charge is 0.333 e. The topological polar surface area (TPSA) is 43.4 Å². The van der Waals surface area contributed by atoms with Crippen LogP contribution in [0.1, 0.15) is 27.7 Å². The Morgan fingerprint density at radius 2 is 1.50 bits per heavy atom. The van der Waals surface area contributed by atoms with Crippen molar-refractivity contribution < 1.29 is 14.3 Å². The van der Waals surface area contributed by atoms with Gasteiger partial charge in [-0.3, -0.25) is 4.79 Å². The lowest BCUT2D eigenvalue weighted by atomic mass is 10.2. The van der Waals surface area contributed by atoms with Crippen LogP contribution in [0.5, 0.6) is 0 Å². The van der Waals surface area contributed by atoms with Crippen molar-refractivity contribution in [3.05, 3.63) is 35.5 Å². The Morgan fingerprint density at radius 1 is 1.00 bits per heavy atom. The normalized spacial score (nSPS) is 13.0. The van der Waals surface area contributed by atoms with Gasteiger partial charge in [0.2, 0.25) is 0 Å². The van der Waals surface area contributed by atoms with Crippen LogP contribution in [0.25, 0.3) is 0 Å². The summed E-state index contributed by atoms with van der Waals surface area (Å²) in [6, 6.07) is 0. The van der Waals surface area contributed by atoms with Gasteiger partial charge in [0.25, 0.3) is 0 Å². The first kappa shape index (κ1) is 14.4. The molecule has 0 rings (SSSR count). The number of ketones is 1. The molecule has 0 atom stereocenters. The first-order chi connectivity index (χ1) is 7.49. The Labute approximate surface area is 96.5 Å². The van der Waals surface area contributed by atoms with Gasteiger partial charge in [0.1, 0.15) is 0 Å². The van der Waals surface area contributed by atoms with Crippen molar-refractivity contribution in [3.63, 3.8) is 0 Å². The summed E-state index contributed by atoms with van der Waals surface area (Å²) in [5.74, 6) is -0.282. The lowest BCUT2D eigenvalue weighted by Crippen LogP contribution is -2.04. The van der Waals surface area contributed by atoms with Crippen molar-refractivity contribution in [3.8, 4) is 0 Å². The second-order valence-corrected chi connectivity index (χ2v) is 3.36. The van der Waals surface area contributed by atoms with Crippen LogP contribution in [0.3, 0.4) is 0 Å². The third-order valence-electron chi connectivity index (χ3n) is 1.96. The van der Waals surface area contributed by atoms with E-state index in [0.717, 1.165) is 0 Å². The van der Waals surface area contributed by atoms with E-state index in [2.05, 4.69) is 0 Å². The number of allylic oxidation sites excluding steroid dienone is 5. The van der Waals surface area contributed by atoms with Crippen LogP contribution in [0.4, 0.5) is 0 Å². The minimum Gasteiger partial charge on any atom is -0.463 e. The molecule has 88 valence electrons. The first-order valence-electron chi connectivity index (χ1n) is 5.19. The molecule has 0 unspecified atom stereocenters. The van der Waals surface area contributed by atoms with E-state index in [1.807, 2.05) is 0 Å². The molecule has 0 aliphatic rings. The summed E-state index contributed by atoms with van der Waals surface area (Å²) in [7, 11) is 0. The molecule has 0 aromatic carbocycles. The molecule has 0 aromatic rings. The molecule has 3 heteroatoms. The standard InChI is InChI=1S/C13H18O3/c1-5-16-13(15)11(3)9-7-6-8-10(2)12(4)14/h6-9H,5H2,1-4H3/b7-6+,10-8+,11-9+. The van der Waals surface area contributed by atoms with Crippen molar-refractivity contribution in [1.29, 1.82) is 0 Å². The van der Waals surface area contributed by atoms with Crippen molar-refractivity contribution in [2.75, 3.05) is 6.61 Å². The molecule has 16 heavy (non-hydrogen) atoms. The summed E-state index contributed by atoms with van der Waals surface area (Å²) in [5.41, 5.74) is 1.21. The summed E-state index contributed by atoms with van der Waals surface area (Å²) < 4.78 is 4.81. The quantitative estimate of drug-likeness (QED) is 0.408. The monoisotopic (exact) mass is 222 g/mol. The SMILES string of the molecule is CCOC(=O)/C(C)=C/C=C/C=C(\C)C(C)=O. The molecule has 0 fully saturated rings. The van der Waals surface area contributed by atoms with Gasteiger partial charge in [-0.25, -0.2) is 4.79 Å². The molecule has 0 heterocycles. The number of carbonyl (C=O) groups excluding carboxylic acids is 2. The number of ether oxygens (including phenoxy) is 1. The number of rotatable bonds is 5. The number of hydrogen-bond acceptors (Lipinski definition) is 3. The molecule has 0 aromatic heterocycles. The lowest BCUT2D eigenvalue weighted by Gasteiger charge is -1.99. The third-order valence-corrected chi connectivity index (χ3v) is 1.96. The average molecular weight is 222 g/mol. The highest BCUT2D eigenvalue weighted by Crippen LogP contribution is 1.98. The van der Waals surface area contributed by atoms with Gasteiger partial charge in [-0.1, -0.05) is 24.3 Å². The van der Waals surface area contributed by atoms with E-state index < -0.39 is 0 Å². The largest absolute Gasteiger partial charge is 0.463 e. The van der Waals surface area contributed by atoms with E-state index in [-0.39, 0.29) is 11.8 Å². The fraction of sp³-hybridized carbons (Fsp3) is 0.385. The van der Waals surface area contributed by atoms with Crippen LogP contribution >= 0.6 is 0 Å². The van der Waals surface area contributed by atoms with Crippen LogP contribution in [0.15, 0.2) is 35.5 Å². The molecule has 0 amide bonds. The maximum Gasteiger partial charge on any atom is 0.333 e. The molecule has 3 nitrogen and oxygen atoms in total. The van der Waals surface area contributed by atoms with Gasteiger partial charge >= 0.3 is 5.97 Å². The van der Waals surface area contributed by atoms with E-state index >= 15 is 0 Å². The second-order valence-electron chi connectivity index (χ2n) is 3.36. The minimum absolute atomic E-state index is 0.0377. The number of esters is 1. The molecule has 0 bridgehead atoms. The van der Waals surface area contributed by atoms with Crippen molar-refractivity contribution in [2.24, 2.45) is 0 Å². The zero-order valence-corrected chi connectivity index (χ0v) is 10.2. The first-order valence-corrected chi connectivity index (χ1v) is 5.19. The van der Waals surface area contributed by atoms with Crippen LogP contribution in [0.2, 0.25) is 0 Å².